The van der Waals surface area contributed by atoms with E-state index in [4.69, 9.17) is 4.43 Å². The van der Waals surface area contributed by atoms with Crippen molar-refractivity contribution in [2.24, 2.45) is 11.8 Å². The lowest BCUT2D eigenvalue weighted by Crippen LogP contribution is -2.66. The van der Waals surface area contributed by atoms with Crippen molar-refractivity contribution in [2.75, 3.05) is 0 Å². The fraction of sp³-hybridized carbons (Fsp3) is 0.480. The summed E-state index contributed by atoms with van der Waals surface area (Å²) in [6.07, 6.45) is 6.07. The van der Waals surface area contributed by atoms with Gasteiger partial charge in [-0.15, -0.1) is 11.3 Å². The monoisotopic (exact) mass is 512 g/mol. The van der Waals surface area contributed by atoms with E-state index in [1.807, 2.05) is 13.8 Å². The maximum atomic E-state index is 13.4. The number of aromatic nitrogens is 3. The Morgan fingerprint density at radius 2 is 1.97 bits per heavy atom. The van der Waals surface area contributed by atoms with Crippen molar-refractivity contribution in [2.45, 2.75) is 64.9 Å². The molecule has 1 fully saturated rings. The van der Waals surface area contributed by atoms with Crippen LogP contribution in [0.4, 0.5) is 0 Å². The number of Topliss-reactive ketones (excluding diaryl/α,β-unsaturated/α-hetero) is 1. The number of hydrogen-bond donors (Lipinski definition) is 1. The lowest BCUT2D eigenvalue weighted by molar-refractivity contribution is -0.141. The van der Waals surface area contributed by atoms with Crippen molar-refractivity contribution in [3.8, 4) is 0 Å². The van der Waals surface area contributed by atoms with E-state index in [0.717, 1.165) is 0 Å². The second-order valence-corrected chi connectivity index (χ2v) is 16.6. The Labute approximate surface area is 210 Å². The first kappa shape index (κ1) is 25.4. The van der Waals surface area contributed by atoms with E-state index >= 15 is 0 Å². The van der Waals surface area contributed by atoms with E-state index in [2.05, 4.69) is 49.1 Å². The van der Waals surface area contributed by atoms with Crippen molar-refractivity contribution in [1.82, 2.24) is 19.7 Å². The number of carbonyl (C=O) groups excluding carboxylic acids is 3. The molecule has 4 heterocycles. The smallest absolute Gasteiger partial charge is 0.228 e. The minimum absolute atomic E-state index is 0.0240. The highest BCUT2D eigenvalue weighted by Gasteiger charge is 2.50. The number of imidazole rings is 1. The maximum Gasteiger partial charge on any atom is 0.228 e. The van der Waals surface area contributed by atoms with Crippen LogP contribution in [0.5, 0.6) is 0 Å². The molecule has 0 spiro atoms. The van der Waals surface area contributed by atoms with Gasteiger partial charge in [-0.25, -0.2) is 4.98 Å². The average Bonchev–Trinajstić information content (AvgIpc) is 3.36. The minimum Gasteiger partial charge on any atom is -0.413 e. The van der Waals surface area contributed by atoms with E-state index in [1.165, 1.54) is 17.5 Å². The van der Waals surface area contributed by atoms with Crippen molar-refractivity contribution in [3.63, 3.8) is 0 Å². The van der Waals surface area contributed by atoms with Crippen LogP contribution in [0, 0.1) is 11.8 Å². The van der Waals surface area contributed by atoms with Crippen LogP contribution in [0.1, 0.15) is 60.3 Å². The summed E-state index contributed by atoms with van der Waals surface area (Å²) < 4.78 is 8.18. The SMILES string of the molecule is C[C@@H](O[Si](C)(C)C(C)(C)C)[C@H]1C(=O)N[C@@H]1[C@@H](C)C(=O)c1cn2cnc(C(=O)c3cccnc3)c2s1. The average molecular weight is 513 g/mol. The lowest BCUT2D eigenvalue weighted by Gasteiger charge is -2.46. The zero-order valence-electron chi connectivity index (χ0n) is 21.2. The number of nitrogens with zero attached hydrogens (tertiary/aromatic N) is 3. The van der Waals surface area contributed by atoms with Crippen molar-refractivity contribution in [1.29, 1.82) is 0 Å². The molecule has 186 valence electrons. The molecule has 10 heteroatoms. The fourth-order valence-corrected chi connectivity index (χ4v) is 6.70. The molecule has 1 aliphatic heterocycles. The summed E-state index contributed by atoms with van der Waals surface area (Å²) in [6, 6.07) is 3.09. The molecular weight excluding hydrogens is 480 g/mol. The number of rotatable bonds is 8. The molecule has 1 N–H and O–H groups in total. The van der Waals surface area contributed by atoms with Gasteiger partial charge in [0.25, 0.3) is 0 Å². The summed E-state index contributed by atoms with van der Waals surface area (Å²) in [5.41, 5.74) is 0.736. The van der Waals surface area contributed by atoms with Gasteiger partial charge in [-0.05, 0) is 37.2 Å². The molecular formula is C25H32N4O4SSi. The number of fused-ring (bicyclic) bond motifs is 1. The van der Waals surface area contributed by atoms with Gasteiger partial charge in [0.05, 0.1) is 22.9 Å². The van der Waals surface area contributed by atoms with E-state index in [-0.39, 0.29) is 40.6 Å². The molecule has 1 amide bonds. The second-order valence-electron chi connectivity index (χ2n) is 10.8. The predicted molar refractivity (Wildman–Crippen MR) is 137 cm³/mol. The van der Waals surface area contributed by atoms with Gasteiger partial charge in [0, 0.05) is 30.1 Å². The van der Waals surface area contributed by atoms with Gasteiger partial charge < -0.3 is 9.74 Å². The number of amides is 1. The molecule has 8 nitrogen and oxygen atoms in total. The molecule has 3 aromatic rings. The van der Waals surface area contributed by atoms with Gasteiger partial charge in [-0.2, -0.15) is 0 Å². The standard InChI is InChI=1S/C25H32N4O4SSi/c1-14(19-18(23(32)28-19)15(2)33-35(6,7)25(3,4)5)21(30)17-12-29-13-27-20(24(29)34-17)22(31)16-9-8-10-26-11-16/h8-15,18-19H,1-7H3,(H,28,32)/t14-,15-,18-,19-/m1/s1. The first-order valence-electron chi connectivity index (χ1n) is 11.8. The van der Waals surface area contributed by atoms with E-state index < -0.39 is 14.2 Å². The quantitative estimate of drug-likeness (QED) is 0.273. The third-order valence-corrected chi connectivity index (χ3v) is 13.0. The highest BCUT2D eigenvalue weighted by Crippen LogP contribution is 2.40. The van der Waals surface area contributed by atoms with Crippen LogP contribution in [0.2, 0.25) is 18.1 Å². The molecule has 0 unspecified atom stereocenters. The number of ketones is 2. The van der Waals surface area contributed by atoms with Gasteiger partial charge in [0.2, 0.25) is 11.7 Å². The summed E-state index contributed by atoms with van der Waals surface area (Å²) in [7, 11) is -2.07. The van der Waals surface area contributed by atoms with Crippen LogP contribution in [-0.4, -0.2) is 52.3 Å². The topological polar surface area (TPSA) is 103 Å². The van der Waals surface area contributed by atoms with Gasteiger partial charge in [0.1, 0.15) is 16.9 Å². The number of nitrogens with one attached hydrogen (secondary N) is 1. The molecule has 0 radical (unpaired) electrons. The summed E-state index contributed by atoms with van der Waals surface area (Å²) in [5, 5.41) is 2.95. The highest BCUT2D eigenvalue weighted by molar-refractivity contribution is 7.19. The molecule has 1 aliphatic rings. The molecule has 0 saturated carbocycles. The molecule has 1 saturated heterocycles. The molecule has 35 heavy (non-hydrogen) atoms. The Balaban J connectivity index is 1.52. The van der Waals surface area contributed by atoms with E-state index in [1.54, 1.807) is 35.3 Å². The van der Waals surface area contributed by atoms with Gasteiger partial charge >= 0.3 is 0 Å². The molecule has 4 atom stereocenters. The summed E-state index contributed by atoms with van der Waals surface area (Å²) >= 11 is 1.24. The number of carbonyl (C=O) groups is 3. The van der Waals surface area contributed by atoms with Crippen LogP contribution < -0.4 is 5.32 Å². The van der Waals surface area contributed by atoms with Crippen LogP contribution >= 0.6 is 11.3 Å². The zero-order valence-corrected chi connectivity index (χ0v) is 23.0. The minimum atomic E-state index is -2.07. The predicted octanol–water partition coefficient (Wildman–Crippen LogP) is 4.37. The van der Waals surface area contributed by atoms with Gasteiger partial charge in [0.15, 0.2) is 14.1 Å². The first-order valence-corrected chi connectivity index (χ1v) is 15.5. The number of β-lactam (4-membered cyclic amide) rings is 1. The number of thiazole rings is 1. The van der Waals surface area contributed by atoms with Crippen molar-refractivity contribution >= 4 is 42.0 Å². The highest BCUT2D eigenvalue weighted by atomic mass is 32.1. The number of hydrogen-bond acceptors (Lipinski definition) is 7. The molecule has 0 bridgehead atoms. The Bertz CT molecular complexity index is 1280. The lowest BCUT2D eigenvalue weighted by atomic mass is 9.77. The normalized spacial score (nSPS) is 20.3. The third-order valence-electron chi connectivity index (χ3n) is 7.34. The third kappa shape index (κ3) is 4.62. The van der Waals surface area contributed by atoms with Gasteiger partial charge in [-0.1, -0.05) is 27.7 Å². The van der Waals surface area contributed by atoms with Crippen LogP contribution in [-0.2, 0) is 9.22 Å². The van der Waals surface area contributed by atoms with Crippen molar-refractivity contribution < 1.29 is 18.8 Å². The Kier molecular flexibility index (Phi) is 6.58. The summed E-state index contributed by atoms with van der Waals surface area (Å²) in [4.78, 5) is 48.2. The van der Waals surface area contributed by atoms with Crippen LogP contribution in [0.25, 0.3) is 4.83 Å². The van der Waals surface area contributed by atoms with Crippen LogP contribution in [0.3, 0.4) is 0 Å². The Morgan fingerprint density at radius 1 is 1.26 bits per heavy atom. The fourth-order valence-electron chi connectivity index (χ4n) is 4.16. The zero-order chi connectivity index (χ0) is 25.7. The maximum absolute atomic E-state index is 13.4. The van der Waals surface area contributed by atoms with Crippen molar-refractivity contribution in [3.05, 3.63) is 53.2 Å². The Morgan fingerprint density at radius 3 is 2.57 bits per heavy atom. The molecule has 0 aliphatic carbocycles. The van der Waals surface area contributed by atoms with Gasteiger partial charge in [-0.3, -0.25) is 23.8 Å². The summed E-state index contributed by atoms with van der Waals surface area (Å²) in [5.74, 6) is -1.20. The first-order chi connectivity index (χ1) is 16.3. The molecule has 0 aromatic carbocycles. The molecule has 4 rings (SSSR count). The largest absolute Gasteiger partial charge is 0.413 e. The second kappa shape index (κ2) is 9.07. The number of pyridine rings is 1. The van der Waals surface area contributed by atoms with E-state index in [9.17, 15) is 14.4 Å². The van der Waals surface area contributed by atoms with E-state index in [0.29, 0.717) is 21.0 Å². The van der Waals surface area contributed by atoms with Crippen LogP contribution in [0.15, 0.2) is 37.1 Å². The Hall–Kier alpha value is -2.69. The summed E-state index contributed by atoms with van der Waals surface area (Å²) in [6.45, 7) is 14.6. The molecule has 3 aromatic heterocycles.